The van der Waals surface area contributed by atoms with Crippen molar-refractivity contribution in [2.45, 2.75) is 19.4 Å². The lowest BCUT2D eigenvalue weighted by Gasteiger charge is -2.30. The predicted molar refractivity (Wildman–Crippen MR) is 101 cm³/mol. The summed E-state index contributed by atoms with van der Waals surface area (Å²) in [5.74, 6) is -0.420. The van der Waals surface area contributed by atoms with E-state index < -0.39 is 5.97 Å². The smallest absolute Gasteiger partial charge is 0.317 e. The summed E-state index contributed by atoms with van der Waals surface area (Å²) >= 11 is 1.47. The van der Waals surface area contributed by atoms with Crippen molar-refractivity contribution in [1.82, 2.24) is 15.2 Å². The van der Waals surface area contributed by atoms with Crippen LogP contribution in [0.4, 0.5) is 4.79 Å². The number of thiazole rings is 1. The number of nitrogens with one attached hydrogen (secondary N) is 1. The zero-order chi connectivity index (χ0) is 18.8. The van der Waals surface area contributed by atoms with E-state index in [0.29, 0.717) is 38.2 Å². The molecule has 2 aromatic heterocycles. The number of rotatable bonds is 4. The average Bonchev–Trinajstić information content (AvgIpc) is 3.32. The van der Waals surface area contributed by atoms with E-state index in [1.165, 1.54) is 11.3 Å². The van der Waals surface area contributed by atoms with Crippen molar-refractivity contribution in [3.05, 3.63) is 40.7 Å². The second-order valence-corrected chi connectivity index (χ2v) is 7.48. The number of aromatic nitrogens is 1. The van der Waals surface area contributed by atoms with Crippen molar-refractivity contribution < 1.29 is 19.1 Å². The third-order valence-corrected chi connectivity index (χ3v) is 5.60. The number of nitrogens with zero attached hydrogens (tertiary/aromatic N) is 2. The molecule has 2 N–H and O–H groups in total. The van der Waals surface area contributed by atoms with Gasteiger partial charge in [-0.25, -0.2) is 9.78 Å². The maximum Gasteiger partial charge on any atom is 0.317 e. The summed E-state index contributed by atoms with van der Waals surface area (Å²) in [6, 6.07) is 9.57. The van der Waals surface area contributed by atoms with Crippen LogP contribution in [0.15, 0.2) is 40.1 Å². The summed E-state index contributed by atoms with van der Waals surface area (Å²) in [6.45, 7) is 1.26. The molecule has 2 amide bonds. The van der Waals surface area contributed by atoms with E-state index in [9.17, 15) is 9.59 Å². The van der Waals surface area contributed by atoms with Gasteiger partial charge in [0.05, 0.1) is 12.5 Å². The van der Waals surface area contributed by atoms with Crippen LogP contribution in [-0.2, 0) is 11.3 Å². The molecule has 3 aromatic rings. The Hall–Kier alpha value is -2.87. The van der Waals surface area contributed by atoms with Crippen LogP contribution < -0.4 is 5.32 Å². The van der Waals surface area contributed by atoms with Crippen LogP contribution in [0.25, 0.3) is 22.4 Å². The number of furan rings is 1. The topological polar surface area (TPSA) is 95.7 Å². The molecule has 1 aliphatic rings. The van der Waals surface area contributed by atoms with Crippen LogP contribution in [0.3, 0.4) is 0 Å². The van der Waals surface area contributed by atoms with Gasteiger partial charge in [0.15, 0.2) is 5.76 Å². The lowest BCUT2D eigenvalue weighted by atomic mass is 9.97. The number of benzene rings is 1. The molecule has 3 heterocycles. The highest BCUT2D eigenvalue weighted by Crippen LogP contribution is 2.28. The monoisotopic (exact) mass is 385 g/mol. The van der Waals surface area contributed by atoms with Gasteiger partial charge in [0, 0.05) is 23.9 Å². The van der Waals surface area contributed by atoms with E-state index in [-0.39, 0.29) is 11.9 Å². The number of carbonyl (C=O) groups is 2. The molecule has 8 heteroatoms. The zero-order valence-electron chi connectivity index (χ0n) is 14.6. The number of para-hydroxylation sites is 1. The Balaban J connectivity index is 1.34. The number of piperidine rings is 1. The Morgan fingerprint density at radius 2 is 2.07 bits per heavy atom. The molecule has 7 nitrogen and oxygen atoms in total. The van der Waals surface area contributed by atoms with Gasteiger partial charge in [0.1, 0.15) is 16.3 Å². The predicted octanol–water partition coefficient (Wildman–Crippen LogP) is 3.56. The molecular formula is C19H19N3O4S. The molecule has 0 aliphatic carbocycles. The van der Waals surface area contributed by atoms with Crippen molar-refractivity contribution in [2.75, 3.05) is 13.1 Å². The first-order valence-corrected chi connectivity index (χ1v) is 9.67. The molecule has 0 bridgehead atoms. The number of carbonyl (C=O) groups excluding carboxylic acids is 1. The number of amides is 2. The lowest BCUT2D eigenvalue weighted by Crippen LogP contribution is -2.45. The Morgan fingerprint density at radius 3 is 2.81 bits per heavy atom. The fraction of sp³-hybridized carbons (Fsp3) is 0.316. The highest BCUT2D eigenvalue weighted by molar-refractivity contribution is 7.09. The molecule has 0 saturated carbocycles. The number of fused-ring (bicyclic) bond motifs is 1. The van der Waals surface area contributed by atoms with Gasteiger partial charge in [-0.05, 0) is 25.0 Å². The van der Waals surface area contributed by atoms with E-state index in [1.54, 1.807) is 4.90 Å². The van der Waals surface area contributed by atoms with Crippen LogP contribution >= 0.6 is 11.3 Å². The van der Waals surface area contributed by atoms with Gasteiger partial charge in [0.25, 0.3) is 0 Å². The highest BCUT2D eigenvalue weighted by atomic mass is 32.1. The summed E-state index contributed by atoms with van der Waals surface area (Å²) in [5, 5.41) is 15.6. The standard InChI is InChI=1S/C19H19N3O4S/c23-18(24)12-5-7-22(8-6-12)19(25)20-10-17-21-14(11-27-17)16-9-13-3-1-2-4-15(13)26-16/h1-4,9,11-12H,5-8,10H2,(H,20,25)(H,23,24). The fourth-order valence-electron chi connectivity index (χ4n) is 3.21. The molecule has 4 rings (SSSR count). The largest absolute Gasteiger partial charge is 0.481 e. The molecular weight excluding hydrogens is 366 g/mol. The second kappa shape index (κ2) is 7.40. The third-order valence-electron chi connectivity index (χ3n) is 4.75. The average molecular weight is 385 g/mol. The van der Waals surface area contributed by atoms with Crippen molar-refractivity contribution in [3.8, 4) is 11.5 Å². The first-order valence-electron chi connectivity index (χ1n) is 8.79. The van der Waals surface area contributed by atoms with Crippen LogP contribution in [-0.4, -0.2) is 40.1 Å². The quantitative estimate of drug-likeness (QED) is 0.716. The van der Waals surface area contributed by atoms with Crippen molar-refractivity contribution >= 4 is 34.3 Å². The van der Waals surface area contributed by atoms with E-state index >= 15 is 0 Å². The van der Waals surface area contributed by atoms with E-state index in [2.05, 4.69) is 10.3 Å². The van der Waals surface area contributed by atoms with Gasteiger partial charge in [0.2, 0.25) is 0 Å². The van der Waals surface area contributed by atoms with Crippen molar-refractivity contribution in [1.29, 1.82) is 0 Å². The number of carboxylic acid groups (broad SMARTS) is 1. The molecule has 0 unspecified atom stereocenters. The SMILES string of the molecule is O=C(O)C1CCN(C(=O)NCc2nc(-c3cc4ccccc4o3)cs2)CC1. The van der Waals surface area contributed by atoms with Gasteiger partial charge in [-0.1, -0.05) is 18.2 Å². The molecule has 27 heavy (non-hydrogen) atoms. The Labute approximate surface area is 159 Å². The summed E-state index contributed by atoms with van der Waals surface area (Å²) in [5.41, 5.74) is 1.57. The summed E-state index contributed by atoms with van der Waals surface area (Å²) < 4.78 is 5.82. The number of hydrogen-bond acceptors (Lipinski definition) is 5. The fourth-order valence-corrected chi connectivity index (χ4v) is 3.93. The van der Waals surface area contributed by atoms with E-state index in [0.717, 1.165) is 21.7 Å². The first-order chi connectivity index (χ1) is 13.1. The van der Waals surface area contributed by atoms with E-state index in [4.69, 9.17) is 9.52 Å². The van der Waals surface area contributed by atoms with Gasteiger partial charge < -0.3 is 19.7 Å². The summed E-state index contributed by atoms with van der Waals surface area (Å²) in [6.07, 6.45) is 0.992. The number of hydrogen-bond donors (Lipinski definition) is 2. The molecule has 0 atom stereocenters. The van der Waals surface area contributed by atoms with Gasteiger partial charge in [-0.15, -0.1) is 11.3 Å². The maximum absolute atomic E-state index is 12.3. The van der Waals surface area contributed by atoms with Crippen LogP contribution in [0, 0.1) is 5.92 Å². The molecule has 140 valence electrons. The van der Waals surface area contributed by atoms with Gasteiger partial charge in [-0.2, -0.15) is 0 Å². The minimum Gasteiger partial charge on any atom is -0.481 e. The normalized spacial score (nSPS) is 15.2. The van der Waals surface area contributed by atoms with Crippen molar-refractivity contribution in [3.63, 3.8) is 0 Å². The minimum atomic E-state index is -0.782. The zero-order valence-corrected chi connectivity index (χ0v) is 15.4. The molecule has 1 aliphatic heterocycles. The summed E-state index contributed by atoms with van der Waals surface area (Å²) in [4.78, 5) is 29.5. The molecule has 0 spiro atoms. The Morgan fingerprint density at radius 1 is 1.30 bits per heavy atom. The van der Waals surface area contributed by atoms with Crippen molar-refractivity contribution in [2.24, 2.45) is 5.92 Å². The first kappa shape index (κ1) is 17.5. The molecule has 1 saturated heterocycles. The van der Waals surface area contributed by atoms with Crippen LogP contribution in [0.1, 0.15) is 17.8 Å². The lowest BCUT2D eigenvalue weighted by molar-refractivity contribution is -0.143. The molecule has 1 aromatic carbocycles. The maximum atomic E-state index is 12.3. The number of aliphatic carboxylic acids is 1. The second-order valence-electron chi connectivity index (χ2n) is 6.53. The minimum absolute atomic E-state index is 0.181. The third kappa shape index (κ3) is 3.80. The Kier molecular flexibility index (Phi) is 4.81. The number of carboxylic acids is 1. The highest BCUT2D eigenvalue weighted by Gasteiger charge is 2.26. The van der Waals surface area contributed by atoms with E-state index in [1.807, 2.05) is 35.7 Å². The summed E-state index contributed by atoms with van der Waals surface area (Å²) in [7, 11) is 0. The molecule has 0 radical (unpaired) electrons. The van der Waals surface area contributed by atoms with Crippen LogP contribution in [0.2, 0.25) is 0 Å². The Bertz CT molecular complexity index is 939. The molecule has 1 fully saturated rings. The number of urea groups is 1. The van der Waals surface area contributed by atoms with Gasteiger partial charge >= 0.3 is 12.0 Å². The number of likely N-dealkylation sites (tertiary alicyclic amines) is 1. The van der Waals surface area contributed by atoms with Crippen LogP contribution in [0.5, 0.6) is 0 Å². The van der Waals surface area contributed by atoms with Gasteiger partial charge in [-0.3, -0.25) is 4.79 Å².